The van der Waals surface area contributed by atoms with E-state index in [0.29, 0.717) is 31.1 Å². The molecule has 0 amide bonds. The molecule has 1 aliphatic heterocycles. The molecule has 5 aromatic rings. The molecular weight excluding hydrogens is 444 g/mol. The summed E-state index contributed by atoms with van der Waals surface area (Å²) in [7, 11) is -3.45. The molecule has 1 saturated heterocycles. The van der Waals surface area contributed by atoms with Crippen molar-refractivity contribution >= 4 is 32.0 Å². The Hall–Kier alpha value is -3.45. The number of rotatable bonds is 4. The maximum absolute atomic E-state index is 12.9. The van der Waals surface area contributed by atoms with Crippen LogP contribution in [0.3, 0.4) is 0 Å². The largest absolute Gasteiger partial charge is 0.455 e. The molecule has 0 spiro atoms. The summed E-state index contributed by atoms with van der Waals surface area (Å²) in [5.74, 6) is 0. The molecule has 1 N–H and O–H groups in total. The molecule has 0 unspecified atom stereocenters. The smallest absolute Gasteiger partial charge is 0.243 e. The molecule has 0 saturated carbocycles. The van der Waals surface area contributed by atoms with E-state index in [0.717, 1.165) is 44.2 Å². The molecule has 0 bridgehead atoms. The molecule has 0 radical (unpaired) electrons. The first kappa shape index (κ1) is 21.1. The second-order valence-electron chi connectivity index (χ2n) is 8.54. The standard InChI is InChI=1S/C28H24N2O3S/c31-34(32,30-18-16-29-17-19-30)23-14-12-21(13-15-23)20-8-10-22(11-9-20)24-5-3-6-26-25-4-1-2-7-27(25)33-28(24)26/h1-15,29H,16-19H2. The average molecular weight is 469 g/mol. The van der Waals surface area contributed by atoms with Gasteiger partial charge in [0, 0.05) is 42.5 Å². The van der Waals surface area contributed by atoms with E-state index in [1.165, 1.54) is 0 Å². The Kier molecular flexibility index (Phi) is 5.21. The minimum Gasteiger partial charge on any atom is -0.455 e. The van der Waals surface area contributed by atoms with Crippen LogP contribution in [0.15, 0.2) is 100 Å². The van der Waals surface area contributed by atoms with Crippen LogP contribution < -0.4 is 5.32 Å². The summed E-state index contributed by atoms with van der Waals surface area (Å²) >= 11 is 0. The molecule has 4 aromatic carbocycles. The number of para-hydroxylation sites is 2. The van der Waals surface area contributed by atoms with Gasteiger partial charge in [0.2, 0.25) is 10.0 Å². The molecule has 34 heavy (non-hydrogen) atoms. The number of hydrogen-bond acceptors (Lipinski definition) is 4. The van der Waals surface area contributed by atoms with Gasteiger partial charge < -0.3 is 9.73 Å². The fraction of sp³-hybridized carbons (Fsp3) is 0.143. The van der Waals surface area contributed by atoms with Crippen LogP contribution in [0.1, 0.15) is 0 Å². The second-order valence-corrected chi connectivity index (χ2v) is 10.5. The minimum atomic E-state index is -3.45. The van der Waals surface area contributed by atoms with Gasteiger partial charge in [-0.25, -0.2) is 8.42 Å². The van der Waals surface area contributed by atoms with Crippen LogP contribution >= 0.6 is 0 Å². The van der Waals surface area contributed by atoms with Crippen molar-refractivity contribution in [2.75, 3.05) is 26.2 Å². The molecule has 1 aromatic heterocycles. The quantitative estimate of drug-likeness (QED) is 0.378. The fourth-order valence-corrected chi connectivity index (χ4v) is 6.11. The fourth-order valence-electron chi connectivity index (χ4n) is 4.67. The number of nitrogens with zero attached hydrogens (tertiary/aromatic N) is 1. The van der Waals surface area contributed by atoms with E-state index in [1.807, 2.05) is 30.3 Å². The van der Waals surface area contributed by atoms with E-state index >= 15 is 0 Å². The summed E-state index contributed by atoms with van der Waals surface area (Å²) in [5.41, 5.74) is 5.92. The number of piperazine rings is 1. The molecular formula is C28H24N2O3S. The van der Waals surface area contributed by atoms with Crippen molar-refractivity contribution in [2.24, 2.45) is 0 Å². The summed E-state index contributed by atoms with van der Waals surface area (Å²) in [5, 5.41) is 5.42. The molecule has 170 valence electrons. The summed E-state index contributed by atoms with van der Waals surface area (Å²) in [6.07, 6.45) is 0. The lowest BCUT2D eigenvalue weighted by Crippen LogP contribution is -2.46. The van der Waals surface area contributed by atoms with Crippen LogP contribution in [0.5, 0.6) is 0 Å². The summed E-state index contributed by atoms with van der Waals surface area (Å²) in [4.78, 5) is 0.339. The van der Waals surface area contributed by atoms with Crippen LogP contribution in [0.2, 0.25) is 0 Å². The van der Waals surface area contributed by atoms with Gasteiger partial charge in [0.1, 0.15) is 11.2 Å². The van der Waals surface area contributed by atoms with Crippen LogP contribution in [0.25, 0.3) is 44.2 Å². The zero-order valence-corrected chi connectivity index (χ0v) is 19.4. The van der Waals surface area contributed by atoms with Crippen LogP contribution in [0.4, 0.5) is 0 Å². The number of nitrogens with one attached hydrogen (secondary N) is 1. The summed E-state index contributed by atoms with van der Waals surface area (Å²) in [6.45, 7) is 2.38. The Labute approximate surface area is 198 Å². The lowest BCUT2D eigenvalue weighted by atomic mass is 9.99. The van der Waals surface area contributed by atoms with Crippen molar-refractivity contribution in [1.82, 2.24) is 9.62 Å². The maximum Gasteiger partial charge on any atom is 0.243 e. The van der Waals surface area contributed by atoms with Gasteiger partial charge in [0.05, 0.1) is 4.90 Å². The van der Waals surface area contributed by atoms with Gasteiger partial charge in [-0.15, -0.1) is 0 Å². The average Bonchev–Trinajstić information content (AvgIpc) is 3.28. The molecule has 0 aliphatic carbocycles. The van der Waals surface area contributed by atoms with Gasteiger partial charge in [-0.1, -0.05) is 72.8 Å². The van der Waals surface area contributed by atoms with Gasteiger partial charge in [-0.05, 0) is 34.9 Å². The van der Waals surface area contributed by atoms with E-state index in [4.69, 9.17) is 4.42 Å². The Morgan fingerprint density at radius 3 is 2.03 bits per heavy atom. The van der Waals surface area contributed by atoms with Crippen LogP contribution in [-0.4, -0.2) is 38.9 Å². The monoisotopic (exact) mass is 468 g/mol. The molecule has 2 heterocycles. The molecule has 5 nitrogen and oxygen atoms in total. The predicted molar refractivity (Wildman–Crippen MR) is 136 cm³/mol. The number of fused-ring (bicyclic) bond motifs is 3. The lowest BCUT2D eigenvalue weighted by Gasteiger charge is -2.26. The van der Waals surface area contributed by atoms with Crippen LogP contribution in [-0.2, 0) is 10.0 Å². The van der Waals surface area contributed by atoms with Crippen LogP contribution in [0, 0.1) is 0 Å². The first-order valence-corrected chi connectivity index (χ1v) is 12.9. The Bertz CT molecular complexity index is 1580. The first-order chi connectivity index (χ1) is 16.6. The van der Waals surface area contributed by atoms with Crippen molar-refractivity contribution < 1.29 is 12.8 Å². The van der Waals surface area contributed by atoms with Crippen molar-refractivity contribution in [3.8, 4) is 22.3 Å². The van der Waals surface area contributed by atoms with Gasteiger partial charge in [0.15, 0.2) is 0 Å². The molecule has 1 aliphatic rings. The highest BCUT2D eigenvalue weighted by atomic mass is 32.2. The zero-order chi connectivity index (χ0) is 23.1. The topological polar surface area (TPSA) is 62.6 Å². The van der Waals surface area contributed by atoms with E-state index in [1.54, 1.807) is 16.4 Å². The van der Waals surface area contributed by atoms with Gasteiger partial charge in [0.25, 0.3) is 0 Å². The third kappa shape index (κ3) is 3.60. The predicted octanol–water partition coefficient (Wildman–Crippen LogP) is 5.51. The number of sulfonamides is 1. The maximum atomic E-state index is 12.9. The second kappa shape index (κ2) is 8.40. The van der Waals surface area contributed by atoms with E-state index in [9.17, 15) is 8.42 Å². The van der Waals surface area contributed by atoms with E-state index in [2.05, 4.69) is 53.8 Å². The molecule has 1 fully saturated rings. The Morgan fingerprint density at radius 2 is 1.29 bits per heavy atom. The van der Waals surface area contributed by atoms with E-state index < -0.39 is 10.0 Å². The zero-order valence-electron chi connectivity index (χ0n) is 18.6. The number of benzene rings is 4. The van der Waals surface area contributed by atoms with Crippen molar-refractivity contribution in [3.05, 3.63) is 91.0 Å². The minimum absolute atomic E-state index is 0.339. The van der Waals surface area contributed by atoms with Crippen molar-refractivity contribution in [2.45, 2.75) is 4.90 Å². The highest BCUT2D eigenvalue weighted by Gasteiger charge is 2.25. The first-order valence-electron chi connectivity index (χ1n) is 11.4. The van der Waals surface area contributed by atoms with Crippen molar-refractivity contribution in [1.29, 1.82) is 0 Å². The van der Waals surface area contributed by atoms with Crippen molar-refractivity contribution in [3.63, 3.8) is 0 Å². The third-order valence-corrected chi connectivity index (χ3v) is 8.41. The van der Waals surface area contributed by atoms with Gasteiger partial charge in [-0.3, -0.25) is 0 Å². The lowest BCUT2D eigenvalue weighted by molar-refractivity contribution is 0.360. The Morgan fingerprint density at radius 1 is 0.676 bits per heavy atom. The molecule has 0 atom stereocenters. The number of hydrogen-bond donors (Lipinski definition) is 1. The third-order valence-electron chi connectivity index (χ3n) is 6.50. The Balaban J connectivity index is 1.30. The summed E-state index contributed by atoms with van der Waals surface area (Å²) in [6, 6.07) is 29.8. The summed E-state index contributed by atoms with van der Waals surface area (Å²) < 4.78 is 33.5. The molecule has 6 rings (SSSR count). The highest BCUT2D eigenvalue weighted by molar-refractivity contribution is 7.89. The molecule has 6 heteroatoms. The normalized spacial score (nSPS) is 15.2. The van der Waals surface area contributed by atoms with Gasteiger partial charge >= 0.3 is 0 Å². The number of furan rings is 1. The highest BCUT2D eigenvalue weighted by Crippen LogP contribution is 2.36. The van der Waals surface area contributed by atoms with E-state index in [-0.39, 0.29) is 0 Å². The SMILES string of the molecule is O=S(=O)(c1ccc(-c2ccc(-c3cccc4c3oc3ccccc34)cc2)cc1)N1CCNCC1. The van der Waals surface area contributed by atoms with Gasteiger partial charge in [-0.2, -0.15) is 4.31 Å².